The fourth-order valence-corrected chi connectivity index (χ4v) is 0. The molecular weight excluding hydrogens is 244 g/mol. The molecule has 10 nitrogen and oxygen atoms in total. The first kappa shape index (κ1) is 19.3. The smallest absolute Gasteiger partial charge is 0.269 e. The monoisotopic (exact) mass is 256 g/mol. The van der Waals surface area contributed by atoms with E-state index in [1.54, 1.807) is 14.1 Å². The fourth-order valence-electron chi connectivity index (χ4n) is 0. The number of nitrogens with two attached hydrogens (primary N) is 1. The number of rotatable bonds is 0. The molecule has 12 heteroatoms. The normalized spacial score (nSPS) is 10.9. The van der Waals surface area contributed by atoms with E-state index >= 15 is 0 Å². The third kappa shape index (κ3) is 11500. The lowest BCUT2D eigenvalue weighted by Gasteiger charge is -1.91. The van der Waals surface area contributed by atoms with Gasteiger partial charge in [0.15, 0.2) is 0 Å². The van der Waals surface area contributed by atoms with Crippen LogP contribution in [-0.2, 0) is 20.8 Å². The Morgan fingerprint density at radius 3 is 0.857 bits per heavy atom. The zero-order valence-electron chi connectivity index (χ0n) is 7.26. The Balaban J connectivity index is -0.000000131. The van der Waals surface area contributed by atoms with Crippen molar-refractivity contribution in [1.29, 1.82) is 0 Å². The molecule has 0 aromatic rings. The molecule has 0 atom stereocenters. The van der Waals surface area contributed by atoms with Crippen molar-refractivity contribution in [3.8, 4) is 0 Å². The van der Waals surface area contributed by atoms with Gasteiger partial charge in [0.2, 0.25) is 0 Å². The predicted octanol–water partition coefficient (Wildman–Crippen LogP) is -1.88. The van der Waals surface area contributed by atoms with Crippen LogP contribution in [0.15, 0.2) is 0 Å². The quantitative estimate of drug-likeness (QED) is 0.187. The topological polar surface area (TPSA) is 178 Å². The molecule has 0 rings (SSSR count). The van der Waals surface area contributed by atoms with Gasteiger partial charge in [0.1, 0.15) is 0 Å². The maximum Gasteiger partial charge on any atom is 0.394 e. The summed E-state index contributed by atoms with van der Waals surface area (Å²) in [4.78, 5) is 0. The van der Waals surface area contributed by atoms with Gasteiger partial charge in [0.05, 0.1) is 0 Å². The molecule has 0 aliphatic carbocycles. The zero-order valence-corrected chi connectivity index (χ0v) is 8.90. The summed E-state index contributed by atoms with van der Waals surface area (Å²) in [6.07, 6.45) is 0. The van der Waals surface area contributed by atoms with Crippen LogP contribution in [-0.4, -0.2) is 54.2 Å². The van der Waals surface area contributed by atoms with Crippen LogP contribution in [0.2, 0.25) is 0 Å². The maximum absolute atomic E-state index is 8.74. The lowest BCUT2D eigenvalue weighted by atomic mass is 11.2. The first-order chi connectivity index (χ1) is 5.73. The van der Waals surface area contributed by atoms with Gasteiger partial charge in [0.25, 0.3) is 0 Å². The summed E-state index contributed by atoms with van der Waals surface area (Å²) in [5, 5.41) is 1.50. The summed E-state index contributed by atoms with van der Waals surface area (Å²) in [6.45, 7) is 0. The largest absolute Gasteiger partial charge is 0.394 e. The highest BCUT2D eigenvalue weighted by Crippen LogP contribution is 1.59. The number of hydrazine groups is 1. The highest BCUT2D eigenvalue weighted by atomic mass is 32.3. The molecule has 0 radical (unpaired) electrons. The van der Waals surface area contributed by atoms with E-state index in [1.165, 1.54) is 5.01 Å². The molecule has 0 aliphatic rings. The van der Waals surface area contributed by atoms with Crippen molar-refractivity contribution in [2.45, 2.75) is 0 Å². The van der Waals surface area contributed by atoms with Gasteiger partial charge < -0.3 is 0 Å². The number of hydrogen-bond acceptors (Lipinski definition) is 6. The van der Waals surface area contributed by atoms with Crippen molar-refractivity contribution in [1.82, 2.24) is 5.01 Å². The highest BCUT2D eigenvalue weighted by Gasteiger charge is 1.85. The molecule has 0 amide bonds. The van der Waals surface area contributed by atoms with E-state index in [1.807, 2.05) is 0 Å². The Labute approximate surface area is 81.4 Å². The van der Waals surface area contributed by atoms with Crippen LogP contribution in [0.1, 0.15) is 0 Å². The third-order valence-electron chi connectivity index (χ3n) is 0. The summed E-state index contributed by atoms with van der Waals surface area (Å²) < 4.78 is 63.2. The van der Waals surface area contributed by atoms with E-state index in [-0.39, 0.29) is 0 Å². The van der Waals surface area contributed by atoms with E-state index < -0.39 is 20.8 Å². The van der Waals surface area contributed by atoms with Crippen molar-refractivity contribution >= 4 is 20.8 Å². The molecule has 14 heavy (non-hydrogen) atoms. The zero-order chi connectivity index (χ0) is 12.6. The van der Waals surface area contributed by atoms with Gasteiger partial charge in [0, 0.05) is 14.1 Å². The second-order valence-electron chi connectivity index (χ2n) is 1.86. The van der Waals surface area contributed by atoms with Crippen molar-refractivity contribution in [3.05, 3.63) is 0 Å². The second kappa shape index (κ2) is 8.01. The van der Waals surface area contributed by atoms with E-state index in [2.05, 4.69) is 0 Å². The molecule has 90 valence electrons. The van der Waals surface area contributed by atoms with E-state index in [0.717, 1.165) is 0 Å². The Kier molecular flexibility index (Phi) is 11.0. The Morgan fingerprint density at radius 2 is 0.857 bits per heavy atom. The molecule has 0 aliphatic heterocycles. The van der Waals surface area contributed by atoms with Crippen LogP contribution in [0.5, 0.6) is 0 Å². The molecule has 0 bridgehead atoms. The van der Waals surface area contributed by atoms with Crippen LogP contribution < -0.4 is 5.84 Å². The Bertz CT molecular complexity index is 253. The third-order valence-corrected chi connectivity index (χ3v) is 0. The molecule has 0 aromatic heterocycles. The number of nitrogens with zero attached hydrogens (tertiary/aromatic N) is 1. The summed E-state index contributed by atoms with van der Waals surface area (Å²) >= 11 is 0. The summed E-state index contributed by atoms with van der Waals surface area (Å²) in [5.74, 6) is 4.94. The van der Waals surface area contributed by atoms with Crippen molar-refractivity contribution < 1.29 is 35.0 Å². The summed E-state index contributed by atoms with van der Waals surface area (Å²) in [5.41, 5.74) is 0. The molecule has 0 unspecified atom stereocenters. The minimum atomic E-state index is -4.67. The van der Waals surface area contributed by atoms with Crippen LogP contribution in [0, 0.1) is 0 Å². The van der Waals surface area contributed by atoms with Gasteiger partial charge in [-0.3, -0.25) is 29.1 Å². The van der Waals surface area contributed by atoms with Gasteiger partial charge in [-0.2, -0.15) is 16.8 Å². The molecule has 0 saturated heterocycles. The van der Waals surface area contributed by atoms with Gasteiger partial charge >= 0.3 is 20.8 Å². The average molecular weight is 256 g/mol. The molecule has 0 fully saturated rings. The number of hydrogen-bond donors (Lipinski definition) is 5. The van der Waals surface area contributed by atoms with E-state index in [4.69, 9.17) is 40.9 Å². The van der Waals surface area contributed by atoms with Crippen molar-refractivity contribution in [2.75, 3.05) is 14.1 Å². The molecule has 6 N–H and O–H groups in total. The minimum Gasteiger partial charge on any atom is -0.269 e. The lowest BCUT2D eigenvalue weighted by molar-refractivity contribution is 0.378. The summed E-state index contributed by atoms with van der Waals surface area (Å²) in [6, 6.07) is 0. The van der Waals surface area contributed by atoms with Crippen LogP contribution >= 0.6 is 0 Å². The molecule has 0 heterocycles. The van der Waals surface area contributed by atoms with Crippen molar-refractivity contribution in [2.24, 2.45) is 5.84 Å². The first-order valence-corrected chi connectivity index (χ1v) is 5.34. The van der Waals surface area contributed by atoms with Gasteiger partial charge in [-0.1, -0.05) is 0 Å². The molecule has 0 aromatic carbocycles. The van der Waals surface area contributed by atoms with Crippen LogP contribution in [0.4, 0.5) is 0 Å². The van der Waals surface area contributed by atoms with Gasteiger partial charge in [-0.05, 0) is 0 Å². The fraction of sp³-hybridized carbons (Fsp3) is 1.00. The minimum absolute atomic E-state index is 1.50. The Hall–Kier alpha value is -0.340. The van der Waals surface area contributed by atoms with Crippen molar-refractivity contribution in [3.63, 3.8) is 0 Å². The lowest BCUT2D eigenvalue weighted by Crippen LogP contribution is -2.18. The SMILES string of the molecule is CN(C)N.O=S(=O)(O)O.O=S(=O)(O)O. The predicted molar refractivity (Wildman–Crippen MR) is 46.2 cm³/mol. The average Bonchev–Trinajstić information content (AvgIpc) is 1.45. The van der Waals surface area contributed by atoms with E-state index in [9.17, 15) is 0 Å². The van der Waals surface area contributed by atoms with Crippen LogP contribution in [0.3, 0.4) is 0 Å². The highest BCUT2D eigenvalue weighted by molar-refractivity contribution is 7.80. The van der Waals surface area contributed by atoms with Gasteiger partial charge in [-0.15, -0.1) is 0 Å². The first-order valence-electron chi connectivity index (χ1n) is 2.55. The maximum atomic E-state index is 8.74. The Morgan fingerprint density at radius 1 is 0.857 bits per heavy atom. The molecular formula is C2H12N2O8S2. The van der Waals surface area contributed by atoms with Gasteiger partial charge in [-0.25, -0.2) is 0 Å². The standard InChI is InChI=1S/C2H8N2.2H2O4S/c1-4(2)3;2*1-5(2,3)4/h3H2,1-2H3;2*(H2,1,2,3,4). The second-order valence-corrected chi connectivity index (χ2v) is 3.65. The van der Waals surface area contributed by atoms with E-state index in [0.29, 0.717) is 0 Å². The molecule has 0 spiro atoms. The molecule has 0 saturated carbocycles. The summed E-state index contributed by atoms with van der Waals surface area (Å²) in [7, 11) is -5.78. The van der Waals surface area contributed by atoms with Crippen LogP contribution in [0.25, 0.3) is 0 Å².